The van der Waals surface area contributed by atoms with E-state index >= 15 is 0 Å². The molecular weight excluding hydrogens is 346 g/mol. The summed E-state index contributed by atoms with van der Waals surface area (Å²) in [6.45, 7) is 0. The molecule has 1 fully saturated rings. The number of ether oxygens (including phenoxy) is 1. The number of hydrogen-bond acceptors (Lipinski definition) is 8. The van der Waals surface area contributed by atoms with Crippen LogP contribution in [-0.2, 0) is 10.1 Å². The summed E-state index contributed by atoms with van der Waals surface area (Å²) >= 11 is 0. The maximum atomic E-state index is 11.9. The van der Waals surface area contributed by atoms with Gasteiger partial charge in [0.25, 0.3) is 10.1 Å². The van der Waals surface area contributed by atoms with Crippen LogP contribution in [0.25, 0.3) is 0 Å². The molecule has 3 rings (SSSR count). The molecule has 5 N–H and O–H groups in total. The van der Waals surface area contributed by atoms with Gasteiger partial charge in [0.05, 0.1) is 12.8 Å². The number of guanidine groups is 2. The highest BCUT2D eigenvalue weighted by atomic mass is 32.2. The van der Waals surface area contributed by atoms with E-state index in [1.165, 1.54) is 19.2 Å². The van der Waals surface area contributed by atoms with E-state index in [-0.39, 0.29) is 22.5 Å². The van der Waals surface area contributed by atoms with Crippen LogP contribution in [0.1, 0.15) is 32.1 Å². The monoisotopic (exact) mass is 367 g/mol. The van der Waals surface area contributed by atoms with Gasteiger partial charge >= 0.3 is 0 Å². The fraction of sp³-hybridized carbons (Fsp3) is 0.467. The molecule has 25 heavy (non-hydrogen) atoms. The Morgan fingerprint density at radius 2 is 1.92 bits per heavy atom. The smallest absolute Gasteiger partial charge is 0.296 e. The Morgan fingerprint density at radius 1 is 1.24 bits per heavy atom. The molecule has 1 aliphatic carbocycles. The highest BCUT2D eigenvalue weighted by Gasteiger charge is 2.44. The van der Waals surface area contributed by atoms with Crippen LogP contribution in [-0.4, -0.2) is 37.7 Å². The summed E-state index contributed by atoms with van der Waals surface area (Å²) < 4.78 is 38.6. The minimum absolute atomic E-state index is 0.0458. The van der Waals surface area contributed by atoms with Crippen molar-refractivity contribution < 1.29 is 17.7 Å². The van der Waals surface area contributed by atoms with Crippen LogP contribution in [0.15, 0.2) is 33.1 Å². The average Bonchev–Trinajstić information content (AvgIpc) is 2.54. The van der Waals surface area contributed by atoms with E-state index in [2.05, 4.69) is 9.98 Å². The van der Waals surface area contributed by atoms with Gasteiger partial charge in [-0.25, -0.2) is 4.99 Å². The summed E-state index contributed by atoms with van der Waals surface area (Å²) in [5, 5.41) is 0. The van der Waals surface area contributed by atoms with Crippen molar-refractivity contribution in [2.24, 2.45) is 21.5 Å². The third-order valence-corrected chi connectivity index (χ3v) is 5.42. The van der Waals surface area contributed by atoms with Gasteiger partial charge < -0.3 is 16.2 Å². The van der Waals surface area contributed by atoms with Crippen molar-refractivity contribution in [1.29, 1.82) is 0 Å². The van der Waals surface area contributed by atoms with Crippen molar-refractivity contribution in [3.8, 4) is 5.75 Å². The van der Waals surface area contributed by atoms with Gasteiger partial charge in [0.15, 0.2) is 0 Å². The van der Waals surface area contributed by atoms with Gasteiger partial charge in [0.1, 0.15) is 16.3 Å². The molecule has 0 saturated heterocycles. The zero-order chi connectivity index (χ0) is 18.2. The summed E-state index contributed by atoms with van der Waals surface area (Å²) in [5.41, 5.74) is 11.3. The predicted molar refractivity (Wildman–Crippen MR) is 94.3 cm³/mol. The minimum Gasteiger partial charge on any atom is -0.497 e. The minimum atomic E-state index is -4.52. The van der Waals surface area contributed by atoms with E-state index in [1.54, 1.807) is 11.0 Å². The lowest BCUT2D eigenvalue weighted by Crippen LogP contribution is -2.58. The second kappa shape index (κ2) is 6.19. The standard InChI is InChI=1S/C15H21N5O4S/c1-24-10-5-6-11(12(9-10)25(21,22)23)20-14(17)18-13(16)19-15(20)7-3-2-4-8-15/h5-6,9H,2-4,7-8H2,1H3,(H,21,22,23)(H4,16,17,18,19). The normalized spacial score (nSPS) is 20.2. The Balaban J connectivity index is 2.21. The summed E-state index contributed by atoms with van der Waals surface area (Å²) in [6.07, 6.45) is 4.16. The van der Waals surface area contributed by atoms with E-state index in [0.29, 0.717) is 18.6 Å². The highest BCUT2D eigenvalue weighted by Crippen LogP contribution is 2.42. The fourth-order valence-electron chi connectivity index (χ4n) is 3.48. The van der Waals surface area contributed by atoms with Crippen LogP contribution >= 0.6 is 0 Å². The molecule has 1 aromatic carbocycles. The molecule has 2 aliphatic rings. The maximum Gasteiger partial charge on any atom is 0.296 e. The van der Waals surface area contributed by atoms with E-state index in [9.17, 15) is 13.0 Å². The first-order valence-electron chi connectivity index (χ1n) is 7.92. The van der Waals surface area contributed by atoms with Crippen molar-refractivity contribution in [2.75, 3.05) is 12.0 Å². The summed E-state index contributed by atoms with van der Waals surface area (Å²) in [4.78, 5) is 9.73. The van der Waals surface area contributed by atoms with Gasteiger partial charge in [-0.1, -0.05) is 6.42 Å². The zero-order valence-corrected chi connectivity index (χ0v) is 14.7. The molecule has 1 saturated carbocycles. The van der Waals surface area contributed by atoms with Crippen molar-refractivity contribution in [3.05, 3.63) is 18.2 Å². The molecule has 0 radical (unpaired) electrons. The van der Waals surface area contributed by atoms with Gasteiger partial charge in [0, 0.05) is 6.07 Å². The molecule has 1 spiro atoms. The van der Waals surface area contributed by atoms with E-state index in [0.717, 1.165) is 19.3 Å². The molecule has 1 aliphatic heterocycles. The third kappa shape index (κ3) is 3.14. The van der Waals surface area contributed by atoms with Gasteiger partial charge in [-0.2, -0.15) is 13.4 Å². The van der Waals surface area contributed by atoms with Gasteiger partial charge in [-0.05, 0) is 37.8 Å². The van der Waals surface area contributed by atoms with Gasteiger partial charge in [-0.15, -0.1) is 0 Å². The molecular formula is C15H21N5O4S. The number of nitrogens with two attached hydrogens (primary N) is 2. The van der Waals surface area contributed by atoms with Crippen molar-refractivity contribution in [1.82, 2.24) is 0 Å². The van der Waals surface area contributed by atoms with Crippen molar-refractivity contribution >= 4 is 27.7 Å². The molecule has 1 aromatic rings. The van der Waals surface area contributed by atoms with E-state index < -0.39 is 15.8 Å². The summed E-state index contributed by atoms with van der Waals surface area (Å²) in [5.74, 6) is 0.409. The number of methoxy groups -OCH3 is 1. The fourth-order valence-corrected chi connectivity index (χ4v) is 4.17. The molecule has 0 unspecified atom stereocenters. The van der Waals surface area contributed by atoms with Gasteiger partial charge in [-0.3, -0.25) is 9.45 Å². The largest absolute Gasteiger partial charge is 0.497 e. The molecule has 10 heteroatoms. The first-order valence-corrected chi connectivity index (χ1v) is 9.36. The second-order valence-corrected chi connectivity index (χ2v) is 7.52. The predicted octanol–water partition coefficient (Wildman–Crippen LogP) is 1.05. The van der Waals surface area contributed by atoms with Crippen molar-refractivity contribution in [3.63, 3.8) is 0 Å². The summed E-state index contributed by atoms with van der Waals surface area (Å²) in [7, 11) is -3.11. The lowest BCUT2D eigenvalue weighted by Gasteiger charge is -2.46. The molecule has 1 heterocycles. The Morgan fingerprint density at radius 3 is 2.52 bits per heavy atom. The van der Waals surface area contributed by atoms with Crippen LogP contribution in [0.2, 0.25) is 0 Å². The molecule has 0 aromatic heterocycles. The number of aliphatic imine (C=N–C) groups is 2. The summed E-state index contributed by atoms with van der Waals surface area (Å²) in [6, 6.07) is 4.36. The van der Waals surface area contributed by atoms with Crippen LogP contribution < -0.4 is 21.1 Å². The number of hydrogen-bond donors (Lipinski definition) is 3. The van der Waals surface area contributed by atoms with Crippen LogP contribution in [0.3, 0.4) is 0 Å². The lowest BCUT2D eigenvalue weighted by molar-refractivity contribution is 0.304. The van der Waals surface area contributed by atoms with Gasteiger partial charge in [0.2, 0.25) is 11.9 Å². The molecule has 0 amide bonds. The van der Waals surface area contributed by atoms with Crippen LogP contribution in [0.4, 0.5) is 5.69 Å². The number of rotatable bonds is 3. The van der Waals surface area contributed by atoms with E-state index in [1.807, 2.05) is 0 Å². The third-order valence-electron chi connectivity index (χ3n) is 4.54. The Labute approximate surface area is 146 Å². The first kappa shape index (κ1) is 17.5. The van der Waals surface area contributed by atoms with E-state index in [4.69, 9.17) is 16.2 Å². The highest BCUT2D eigenvalue weighted by molar-refractivity contribution is 7.86. The Kier molecular flexibility index (Phi) is 4.33. The number of nitrogens with zero attached hydrogens (tertiary/aromatic N) is 3. The van der Waals surface area contributed by atoms with Crippen molar-refractivity contribution in [2.45, 2.75) is 42.7 Å². The topological polar surface area (TPSA) is 144 Å². The Bertz CT molecular complexity index is 843. The Hall–Kier alpha value is -2.33. The number of anilines is 1. The average molecular weight is 367 g/mol. The number of benzene rings is 1. The van der Waals surface area contributed by atoms with Crippen LogP contribution in [0.5, 0.6) is 5.75 Å². The molecule has 136 valence electrons. The first-order chi connectivity index (χ1) is 11.8. The van der Waals surface area contributed by atoms with Crippen LogP contribution in [0, 0.1) is 0 Å². The second-order valence-electron chi connectivity index (χ2n) is 6.13. The SMILES string of the molecule is COc1ccc(N2C(N)=NC(N)=NC23CCCCC3)c(S(=O)(=O)O)c1. The zero-order valence-electron chi connectivity index (χ0n) is 13.8. The molecule has 0 bridgehead atoms. The lowest BCUT2D eigenvalue weighted by atomic mass is 9.87. The maximum absolute atomic E-state index is 11.9. The quantitative estimate of drug-likeness (QED) is 0.677. The molecule has 0 atom stereocenters. The molecule has 9 nitrogen and oxygen atoms in total.